The largest absolute Gasteiger partial charge is 1.00 e. The van der Waals surface area contributed by atoms with E-state index in [1.165, 1.54) is 143 Å². The molecule has 5 rings (SSSR count). The van der Waals surface area contributed by atoms with Crippen LogP contribution in [0.4, 0.5) is 0 Å². The fourth-order valence-corrected chi connectivity index (χ4v) is 10.0. The quantitative estimate of drug-likeness (QED) is 0.0403. The van der Waals surface area contributed by atoms with Crippen molar-refractivity contribution in [2.45, 2.75) is 136 Å². The van der Waals surface area contributed by atoms with Crippen LogP contribution in [0.2, 0.25) is 0 Å². The van der Waals surface area contributed by atoms with Crippen LogP contribution in [-0.2, 0) is 20.8 Å². The Morgan fingerprint density at radius 2 is 1.02 bits per heavy atom. The predicted octanol–water partition coefficient (Wildman–Crippen LogP) is 10.0. The number of allylic oxidation sites excluding steroid dienone is 2. The van der Waals surface area contributed by atoms with E-state index in [1.807, 2.05) is 22.7 Å². The second kappa shape index (κ2) is 29.0. The Labute approximate surface area is 375 Å². The van der Waals surface area contributed by atoms with Gasteiger partial charge in [0, 0.05) is 37.2 Å². The molecule has 0 unspecified atom stereocenters. The number of thiophene rings is 2. The molecular formula is C50H72BrNO5S2. The maximum atomic E-state index is 8.74. The second-order valence-electron chi connectivity index (χ2n) is 15.8. The molecule has 326 valence electrons. The average Bonchev–Trinajstić information content (AvgIpc) is 3.98. The Morgan fingerprint density at radius 1 is 0.559 bits per heavy atom. The van der Waals surface area contributed by atoms with Crippen molar-refractivity contribution in [2.24, 2.45) is 0 Å². The first-order valence-electron chi connectivity index (χ1n) is 22.6. The Kier molecular flexibility index (Phi) is 24.2. The topological polar surface area (TPSA) is 61.0 Å². The van der Waals surface area contributed by atoms with Crippen LogP contribution in [-0.4, -0.2) is 58.0 Å². The summed E-state index contributed by atoms with van der Waals surface area (Å²) < 4.78 is 24.8. The number of aliphatic hydroxyl groups excluding tert-OH is 1. The highest BCUT2D eigenvalue weighted by molar-refractivity contribution is 7.16. The molecule has 6 nitrogen and oxygen atoms in total. The zero-order valence-corrected chi connectivity index (χ0v) is 39.6. The molecule has 1 aliphatic rings. The third-order valence-corrected chi connectivity index (χ3v) is 13.5. The lowest BCUT2D eigenvalue weighted by Gasteiger charge is -2.08. The average molecular weight is 911 g/mol. The SMILES string of the molecule is CCCCCCCCCCCCCCCCOc1ccc(-c2cc(C3=C(c4cc(-c5cc[n+](CCOCCOCCOCCO)cc5)sc4C)CCC3)c(C)s2)cc1.[Br-]. The fourth-order valence-electron chi connectivity index (χ4n) is 7.94. The fraction of sp³-hybridized carbons (Fsp3) is 0.580. The van der Waals surface area contributed by atoms with Crippen molar-refractivity contribution in [3.8, 4) is 26.6 Å². The molecule has 0 aliphatic heterocycles. The number of pyridine rings is 1. The van der Waals surface area contributed by atoms with Gasteiger partial charge in [-0.3, -0.25) is 0 Å². The molecule has 59 heavy (non-hydrogen) atoms. The van der Waals surface area contributed by atoms with Gasteiger partial charge in [-0.15, -0.1) is 22.7 Å². The highest BCUT2D eigenvalue weighted by Crippen LogP contribution is 2.47. The van der Waals surface area contributed by atoms with E-state index in [0.717, 1.165) is 38.2 Å². The maximum Gasteiger partial charge on any atom is 0.171 e. The van der Waals surface area contributed by atoms with Gasteiger partial charge in [0.1, 0.15) is 12.4 Å². The zero-order chi connectivity index (χ0) is 40.6. The van der Waals surface area contributed by atoms with E-state index in [9.17, 15) is 0 Å². The van der Waals surface area contributed by atoms with Crippen LogP contribution in [0.15, 0.2) is 60.9 Å². The van der Waals surface area contributed by atoms with Crippen molar-refractivity contribution in [3.05, 3.63) is 81.8 Å². The summed E-state index contributed by atoms with van der Waals surface area (Å²) in [5, 5.41) is 8.74. The third kappa shape index (κ3) is 17.1. The van der Waals surface area contributed by atoms with Crippen LogP contribution >= 0.6 is 22.7 Å². The summed E-state index contributed by atoms with van der Waals surface area (Å²) in [7, 11) is 0. The van der Waals surface area contributed by atoms with Crippen molar-refractivity contribution in [2.75, 3.05) is 52.9 Å². The van der Waals surface area contributed by atoms with Crippen molar-refractivity contribution >= 4 is 33.8 Å². The number of aromatic nitrogens is 1. The molecular weight excluding hydrogens is 839 g/mol. The van der Waals surface area contributed by atoms with Gasteiger partial charge in [-0.25, -0.2) is 4.57 Å². The molecule has 0 saturated carbocycles. The number of ether oxygens (including phenoxy) is 4. The maximum absolute atomic E-state index is 8.74. The van der Waals surface area contributed by atoms with Gasteiger partial charge < -0.3 is 41.0 Å². The Balaban J connectivity index is 0.00000769. The number of halogens is 1. The number of aliphatic hydroxyl groups is 1. The minimum Gasteiger partial charge on any atom is -1.00 e. The summed E-state index contributed by atoms with van der Waals surface area (Å²) in [6.07, 6.45) is 27.1. The lowest BCUT2D eigenvalue weighted by Crippen LogP contribution is -3.00. The lowest BCUT2D eigenvalue weighted by atomic mass is 9.97. The van der Waals surface area contributed by atoms with E-state index in [4.69, 9.17) is 24.1 Å². The van der Waals surface area contributed by atoms with Crippen LogP contribution in [0.1, 0.15) is 137 Å². The number of hydrogen-bond acceptors (Lipinski definition) is 7. The van der Waals surface area contributed by atoms with Gasteiger partial charge in [-0.2, -0.15) is 0 Å². The monoisotopic (exact) mass is 909 g/mol. The normalized spacial score (nSPS) is 12.7. The molecule has 1 aromatic carbocycles. The lowest BCUT2D eigenvalue weighted by molar-refractivity contribution is -0.698. The Morgan fingerprint density at radius 3 is 1.53 bits per heavy atom. The van der Waals surface area contributed by atoms with Gasteiger partial charge >= 0.3 is 0 Å². The molecule has 1 N–H and O–H groups in total. The van der Waals surface area contributed by atoms with Crippen molar-refractivity contribution in [3.63, 3.8) is 0 Å². The van der Waals surface area contributed by atoms with E-state index in [-0.39, 0.29) is 23.6 Å². The minimum atomic E-state index is 0. The number of rotatable bonds is 31. The first-order valence-corrected chi connectivity index (χ1v) is 24.2. The summed E-state index contributed by atoms with van der Waals surface area (Å²) in [6.45, 7) is 11.6. The highest BCUT2D eigenvalue weighted by atomic mass is 79.9. The van der Waals surface area contributed by atoms with Gasteiger partial charge in [-0.05, 0) is 104 Å². The zero-order valence-electron chi connectivity index (χ0n) is 36.4. The number of unbranched alkanes of at least 4 members (excludes halogenated alkanes) is 13. The van der Waals surface area contributed by atoms with E-state index < -0.39 is 0 Å². The molecule has 0 atom stereocenters. The molecule has 3 aromatic heterocycles. The highest BCUT2D eigenvalue weighted by Gasteiger charge is 2.23. The molecule has 4 aromatic rings. The summed E-state index contributed by atoms with van der Waals surface area (Å²) >= 11 is 3.82. The molecule has 0 radical (unpaired) electrons. The van der Waals surface area contributed by atoms with E-state index in [1.54, 1.807) is 0 Å². The van der Waals surface area contributed by atoms with E-state index in [0.29, 0.717) is 39.6 Å². The van der Waals surface area contributed by atoms with Crippen LogP contribution in [0.5, 0.6) is 5.75 Å². The third-order valence-electron chi connectivity index (χ3n) is 11.3. The standard InChI is InChI=1S/C50H72NO5S2.BrH/c1-4-5-6-7-8-9-10-11-12-13-14-15-16-17-31-56-44-23-21-42(22-24-44)49-38-47(40(2)57-49)45-19-18-20-46(45)48-39-50(58-41(48)3)43-25-27-51(28-26-43)29-32-53-34-36-55-37-35-54-33-30-52;/h21-28,38-39,52H,4-20,29-37H2,1-3H3;1H/q+1;/p-1. The molecule has 1 aliphatic carbocycles. The molecule has 0 amide bonds. The molecule has 9 heteroatoms. The number of hydrogen-bond donors (Lipinski definition) is 1. The summed E-state index contributed by atoms with van der Waals surface area (Å²) in [6, 6.07) is 18.1. The molecule has 0 fully saturated rings. The summed E-state index contributed by atoms with van der Waals surface area (Å²) in [4.78, 5) is 5.46. The van der Waals surface area contributed by atoms with Crippen molar-refractivity contribution in [1.82, 2.24) is 0 Å². The Bertz CT molecular complexity index is 1750. The molecule has 0 bridgehead atoms. The van der Waals surface area contributed by atoms with Gasteiger partial charge in [0.25, 0.3) is 0 Å². The van der Waals surface area contributed by atoms with Gasteiger partial charge in [0.05, 0.1) is 46.2 Å². The van der Waals surface area contributed by atoms with Gasteiger partial charge in [0.2, 0.25) is 0 Å². The van der Waals surface area contributed by atoms with Crippen LogP contribution in [0.3, 0.4) is 0 Å². The van der Waals surface area contributed by atoms with Crippen molar-refractivity contribution < 1.29 is 45.6 Å². The van der Waals surface area contributed by atoms with E-state index >= 15 is 0 Å². The number of nitrogens with zero attached hydrogens (tertiary/aromatic N) is 1. The minimum absolute atomic E-state index is 0. The Hall–Kier alpha value is -2.37. The first kappa shape index (κ1) is 49.3. The second-order valence-corrected chi connectivity index (χ2v) is 18.3. The predicted molar refractivity (Wildman–Crippen MR) is 245 cm³/mol. The summed E-state index contributed by atoms with van der Waals surface area (Å²) in [5.41, 5.74) is 8.45. The smallest absolute Gasteiger partial charge is 0.171 e. The molecule has 0 saturated heterocycles. The molecule has 3 heterocycles. The summed E-state index contributed by atoms with van der Waals surface area (Å²) in [5.74, 6) is 0.981. The molecule has 0 spiro atoms. The number of aryl methyl sites for hydroxylation is 2. The van der Waals surface area contributed by atoms with Crippen LogP contribution in [0.25, 0.3) is 32.0 Å². The van der Waals surface area contributed by atoms with Crippen LogP contribution < -0.4 is 26.3 Å². The van der Waals surface area contributed by atoms with Gasteiger partial charge in [0.15, 0.2) is 18.9 Å². The van der Waals surface area contributed by atoms with E-state index in [2.05, 4.69) is 86.3 Å². The van der Waals surface area contributed by atoms with Crippen molar-refractivity contribution in [1.29, 1.82) is 0 Å². The van der Waals surface area contributed by atoms with Gasteiger partial charge in [-0.1, -0.05) is 90.4 Å². The first-order chi connectivity index (χ1) is 28.6. The number of benzene rings is 1. The van der Waals surface area contributed by atoms with Crippen LogP contribution in [0, 0.1) is 13.8 Å².